The quantitative estimate of drug-likeness (QED) is 0.842. The Labute approximate surface area is 117 Å². The lowest BCUT2D eigenvalue weighted by Crippen LogP contribution is -2.42. The molecule has 19 heavy (non-hydrogen) atoms. The van der Waals surface area contributed by atoms with E-state index in [1.165, 1.54) is 4.90 Å². The molecule has 1 rings (SSSR count). The Kier molecular flexibility index (Phi) is 5.82. The van der Waals surface area contributed by atoms with Gasteiger partial charge in [0.15, 0.2) is 0 Å². The number of aliphatic carboxylic acids is 1. The number of nitrogens with zero attached hydrogens (tertiary/aromatic N) is 1. The fourth-order valence-corrected chi connectivity index (χ4v) is 2.47. The summed E-state index contributed by atoms with van der Waals surface area (Å²) in [5.74, 6) is -1.45. The molecule has 0 aliphatic rings. The average Bonchev–Trinajstić information content (AvgIpc) is 2.78. The molecule has 2 N–H and O–H groups in total. The van der Waals surface area contributed by atoms with Crippen molar-refractivity contribution in [2.24, 2.45) is 5.92 Å². The van der Waals surface area contributed by atoms with Crippen molar-refractivity contribution in [2.75, 3.05) is 13.1 Å². The lowest BCUT2D eigenvalue weighted by atomic mass is 10.2. The van der Waals surface area contributed by atoms with E-state index in [0.29, 0.717) is 13.1 Å². The number of rotatable bonds is 6. The van der Waals surface area contributed by atoms with E-state index in [-0.39, 0.29) is 12.6 Å². The second-order valence-electron chi connectivity index (χ2n) is 4.52. The molecule has 1 aromatic heterocycles. The van der Waals surface area contributed by atoms with Crippen molar-refractivity contribution in [3.05, 3.63) is 21.9 Å². The SMILES string of the molecule is CCN(CC(C)C(=O)O)C(=O)NCc1cscc1C. The van der Waals surface area contributed by atoms with Crippen molar-refractivity contribution in [2.45, 2.75) is 27.3 Å². The zero-order valence-electron chi connectivity index (χ0n) is 11.5. The smallest absolute Gasteiger partial charge is 0.317 e. The molecule has 1 unspecified atom stereocenters. The molecule has 5 nitrogen and oxygen atoms in total. The molecule has 0 saturated heterocycles. The normalized spacial score (nSPS) is 11.9. The lowest BCUT2D eigenvalue weighted by molar-refractivity contribution is -0.141. The van der Waals surface area contributed by atoms with E-state index in [1.807, 2.05) is 24.6 Å². The first-order valence-corrected chi connectivity index (χ1v) is 7.17. The van der Waals surface area contributed by atoms with Crippen LogP contribution in [-0.4, -0.2) is 35.1 Å². The Balaban J connectivity index is 2.50. The van der Waals surface area contributed by atoms with Gasteiger partial charge >= 0.3 is 12.0 Å². The summed E-state index contributed by atoms with van der Waals surface area (Å²) in [5, 5.41) is 15.7. The van der Waals surface area contributed by atoms with Crippen LogP contribution in [0.4, 0.5) is 4.79 Å². The minimum absolute atomic E-state index is 0.221. The Hall–Kier alpha value is -1.56. The fourth-order valence-electron chi connectivity index (χ4n) is 1.61. The van der Waals surface area contributed by atoms with Gasteiger partial charge in [-0.15, -0.1) is 0 Å². The maximum absolute atomic E-state index is 12.0. The fraction of sp³-hybridized carbons (Fsp3) is 0.538. The van der Waals surface area contributed by atoms with Crippen molar-refractivity contribution in [3.63, 3.8) is 0 Å². The molecule has 0 saturated carbocycles. The summed E-state index contributed by atoms with van der Waals surface area (Å²) >= 11 is 1.60. The summed E-state index contributed by atoms with van der Waals surface area (Å²) in [6.45, 7) is 6.63. The van der Waals surface area contributed by atoms with Crippen LogP contribution in [0, 0.1) is 12.8 Å². The molecule has 0 fully saturated rings. The van der Waals surface area contributed by atoms with Gasteiger partial charge in [-0.1, -0.05) is 6.92 Å². The number of carbonyl (C=O) groups is 2. The average molecular weight is 284 g/mol. The highest BCUT2D eigenvalue weighted by Gasteiger charge is 2.19. The maximum Gasteiger partial charge on any atom is 0.317 e. The van der Waals surface area contributed by atoms with Crippen LogP contribution in [0.5, 0.6) is 0 Å². The standard InChI is InChI=1S/C13H20N2O3S/c1-4-15(6-9(2)12(16)17)13(18)14-5-11-8-19-7-10(11)3/h7-9H,4-6H2,1-3H3,(H,14,18)(H,16,17). The molecule has 106 valence electrons. The van der Waals surface area contributed by atoms with E-state index in [4.69, 9.17) is 5.11 Å². The van der Waals surface area contributed by atoms with E-state index >= 15 is 0 Å². The van der Waals surface area contributed by atoms with Crippen molar-refractivity contribution < 1.29 is 14.7 Å². The van der Waals surface area contributed by atoms with Gasteiger partial charge in [0.05, 0.1) is 5.92 Å². The van der Waals surface area contributed by atoms with Gasteiger partial charge in [0.25, 0.3) is 0 Å². The van der Waals surface area contributed by atoms with Crippen molar-refractivity contribution in [1.82, 2.24) is 10.2 Å². The number of aryl methyl sites for hydroxylation is 1. The molecule has 0 radical (unpaired) electrons. The second kappa shape index (κ2) is 7.13. The number of carboxylic acid groups (broad SMARTS) is 1. The van der Waals surface area contributed by atoms with Crippen LogP contribution in [0.3, 0.4) is 0 Å². The van der Waals surface area contributed by atoms with Gasteiger partial charge in [-0.25, -0.2) is 4.79 Å². The van der Waals surface area contributed by atoms with Gasteiger partial charge in [0.1, 0.15) is 0 Å². The van der Waals surface area contributed by atoms with Gasteiger partial charge in [-0.3, -0.25) is 4.79 Å². The van der Waals surface area contributed by atoms with E-state index in [0.717, 1.165) is 11.1 Å². The van der Waals surface area contributed by atoms with Gasteiger partial charge in [0, 0.05) is 19.6 Å². The highest BCUT2D eigenvalue weighted by molar-refractivity contribution is 7.08. The van der Waals surface area contributed by atoms with Crippen LogP contribution in [0.2, 0.25) is 0 Å². The van der Waals surface area contributed by atoms with Crippen molar-refractivity contribution >= 4 is 23.3 Å². The van der Waals surface area contributed by atoms with Gasteiger partial charge in [0.2, 0.25) is 0 Å². The minimum Gasteiger partial charge on any atom is -0.481 e. The zero-order chi connectivity index (χ0) is 14.4. The molecule has 0 aliphatic carbocycles. The lowest BCUT2D eigenvalue weighted by Gasteiger charge is -2.23. The van der Waals surface area contributed by atoms with Gasteiger partial charge in [-0.05, 0) is 35.7 Å². The Morgan fingerprint density at radius 3 is 2.63 bits per heavy atom. The molecule has 2 amide bonds. The highest BCUT2D eigenvalue weighted by atomic mass is 32.1. The number of carboxylic acids is 1. The van der Waals surface area contributed by atoms with E-state index < -0.39 is 11.9 Å². The Morgan fingerprint density at radius 2 is 2.16 bits per heavy atom. The molecule has 0 aliphatic heterocycles. The molecule has 0 aromatic carbocycles. The van der Waals surface area contributed by atoms with Crippen LogP contribution in [0.25, 0.3) is 0 Å². The number of urea groups is 1. The Morgan fingerprint density at radius 1 is 1.47 bits per heavy atom. The number of amides is 2. The molecule has 0 spiro atoms. The van der Waals surface area contributed by atoms with Crippen LogP contribution in [0.1, 0.15) is 25.0 Å². The molecule has 1 atom stereocenters. The topological polar surface area (TPSA) is 69.6 Å². The summed E-state index contributed by atoms with van der Waals surface area (Å²) in [6, 6.07) is -0.221. The zero-order valence-corrected chi connectivity index (χ0v) is 12.3. The van der Waals surface area contributed by atoms with Gasteiger partial charge < -0.3 is 15.3 Å². The first-order valence-electron chi connectivity index (χ1n) is 6.23. The summed E-state index contributed by atoms with van der Waals surface area (Å²) in [7, 11) is 0. The second-order valence-corrected chi connectivity index (χ2v) is 5.26. The van der Waals surface area contributed by atoms with E-state index in [2.05, 4.69) is 5.32 Å². The van der Waals surface area contributed by atoms with Crippen LogP contribution >= 0.6 is 11.3 Å². The third kappa shape index (κ3) is 4.55. The summed E-state index contributed by atoms with van der Waals surface area (Å²) in [6.07, 6.45) is 0. The number of carbonyl (C=O) groups excluding carboxylic acids is 1. The van der Waals surface area contributed by atoms with Crippen molar-refractivity contribution in [1.29, 1.82) is 0 Å². The minimum atomic E-state index is -0.889. The molecule has 1 heterocycles. The summed E-state index contributed by atoms with van der Waals surface area (Å²) < 4.78 is 0. The van der Waals surface area contributed by atoms with Crippen LogP contribution in [-0.2, 0) is 11.3 Å². The predicted octanol–water partition coefficient (Wildman–Crippen LogP) is 2.31. The van der Waals surface area contributed by atoms with E-state index in [1.54, 1.807) is 18.3 Å². The molecule has 1 aromatic rings. The molecular formula is C13H20N2O3S. The monoisotopic (exact) mass is 284 g/mol. The maximum atomic E-state index is 12.0. The summed E-state index contributed by atoms with van der Waals surface area (Å²) in [4.78, 5) is 24.3. The number of hydrogen-bond donors (Lipinski definition) is 2. The molecule has 6 heteroatoms. The van der Waals surface area contributed by atoms with E-state index in [9.17, 15) is 9.59 Å². The molecular weight excluding hydrogens is 264 g/mol. The largest absolute Gasteiger partial charge is 0.481 e. The Bertz CT molecular complexity index is 445. The third-order valence-corrected chi connectivity index (χ3v) is 3.89. The number of nitrogens with one attached hydrogen (secondary N) is 1. The van der Waals surface area contributed by atoms with Crippen LogP contribution in [0.15, 0.2) is 10.8 Å². The summed E-state index contributed by atoms with van der Waals surface area (Å²) in [5.41, 5.74) is 2.26. The highest BCUT2D eigenvalue weighted by Crippen LogP contribution is 2.13. The first-order chi connectivity index (χ1) is 8.95. The number of hydrogen-bond acceptors (Lipinski definition) is 3. The predicted molar refractivity (Wildman–Crippen MR) is 75.3 cm³/mol. The van der Waals surface area contributed by atoms with Crippen molar-refractivity contribution in [3.8, 4) is 0 Å². The first kappa shape index (κ1) is 15.5. The third-order valence-electron chi connectivity index (χ3n) is 2.98. The number of thiophene rings is 1. The van der Waals surface area contributed by atoms with Gasteiger partial charge in [-0.2, -0.15) is 11.3 Å². The molecule has 0 bridgehead atoms. The van der Waals surface area contributed by atoms with Crippen LogP contribution < -0.4 is 5.32 Å².